The summed E-state index contributed by atoms with van der Waals surface area (Å²) in [5.74, 6) is -1.37. The number of methoxy groups -OCH3 is 2. The number of rotatable bonds is 5. The fourth-order valence-corrected chi connectivity index (χ4v) is 1.81. The summed E-state index contributed by atoms with van der Waals surface area (Å²) in [5, 5.41) is 19.3. The Morgan fingerprint density at radius 2 is 1.81 bits per heavy atom. The Morgan fingerprint density at radius 1 is 1.19 bits per heavy atom. The maximum atomic E-state index is 9.81. The quantitative estimate of drug-likeness (QED) is 0.597. The summed E-state index contributed by atoms with van der Waals surface area (Å²) in [4.78, 5) is 0. The molecule has 0 saturated heterocycles. The molecule has 0 radical (unpaired) electrons. The maximum absolute atomic E-state index is 9.81. The van der Waals surface area contributed by atoms with Crippen LogP contribution in [0.3, 0.4) is 0 Å². The molecule has 0 heterocycles. The van der Waals surface area contributed by atoms with Crippen LogP contribution < -0.4 is 0 Å². The summed E-state index contributed by atoms with van der Waals surface area (Å²) < 4.78 is 10.7. The number of hydrogen-bond donors (Lipinski definition) is 2. The number of phenolic OH excluding ortho intramolecular Hbond substituents is 2. The molecule has 90 valence electrons. The van der Waals surface area contributed by atoms with Crippen LogP contribution in [0.5, 0.6) is 11.5 Å². The molecule has 0 aliphatic rings. The number of para-hydroxylation sites is 1. The van der Waals surface area contributed by atoms with Gasteiger partial charge in [-0.05, 0) is 12.1 Å². The molecule has 1 aromatic carbocycles. The largest absolute Gasteiger partial charge is 0.504 e. The van der Waals surface area contributed by atoms with Gasteiger partial charge in [-0.2, -0.15) is 0 Å². The zero-order valence-electron chi connectivity index (χ0n) is 9.86. The molecular formula is C12H18O4. The highest BCUT2D eigenvalue weighted by Gasteiger charge is 2.34. The number of ether oxygens (including phenoxy) is 2. The average Bonchev–Trinajstić information content (AvgIpc) is 2.30. The van der Waals surface area contributed by atoms with Crippen molar-refractivity contribution >= 4 is 0 Å². The van der Waals surface area contributed by atoms with Crippen LogP contribution in [-0.4, -0.2) is 24.4 Å². The van der Waals surface area contributed by atoms with Gasteiger partial charge in [-0.1, -0.05) is 19.4 Å². The van der Waals surface area contributed by atoms with E-state index in [-0.39, 0.29) is 11.5 Å². The molecular weight excluding hydrogens is 208 g/mol. The fraction of sp³-hybridized carbons (Fsp3) is 0.500. The van der Waals surface area contributed by atoms with Crippen LogP contribution in [0, 0.1) is 0 Å². The zero-order valence-corrected chi connectivity index (χ0v) is 9.86. The third-order valence-corrected chi connectivity index (χ3v) is 2.66. The Morgan fingerprint density at radius 3 is 2.31 bits per heavy atom. The number of hydrogen-bond acceptors (Lipinski definition) is 4. The normalized spacial score (nSPS) is 11.7. The molecule has 0 fully saturated rings. The van der Waals surface area contributed by atoms with Gasteiger partial charge in [0.15, 0.2) is 17.3 Å². The van der Waals surface area contributed by atoms with Crippen molar-refractivity contribution in [2.75, 3.05) is 14.2 Å². The Kier molecular flexibility index (Phi) is 4.15. The van der Waals surface area contributed by atoms with Crippen molar-refractivity contribution in [3.8, 4) is 11.5 Å². The Bertz CT molecular complexity index is 345. The molecule has 0 aliphatic heterocycles. The second kappa shape index (κ2) is 5.18. The lowest BCUT2D eigenvalue weighted by Gasteiger charge is -2.31. The van der Waals surface area contributed by atoms with Gasteiger partial charge in [0, 0.05) is 20.6 Å². The smallest absolute Gasteiger partial charge is 0.197 e. The SMILES string of the molecule is CCCC(OC)(OC)c1cccc(O)c1O. The first-order valence-corrected chi connectivity index (χ1v) is 5.23. The summed E-state index contributed by atoms with van der Waals surface area (Å²) >= 11 is 0. The molecule has 4 nitrogen and oxygen atoms in total. The third kappa shape index (κ3) is 2.13. The second-order valence-corrected chi connectivity index (χ2v) is 3.58. The van der Waals surface area contributed by atoms with Crippen LogP contribution in [-0.2, 0) is 15.3 Å². The number of aromatic hydroxyl groups is 2. The van der Waals surface area contributed by atoms with E-state index in [0.29, 0.717) is 12.0 Å². The van der Waals surface area contributed by atoms with E-state index in [2.05, 4.69) is 0 Å². The van der Waals surface area contributed by atoms with Gasteiger partial charge in [-0.3, -0.25) is 0 Å². The second-order valence-electron chi connectivity index (χ2n) is 3.58. The standard InChI is InChI=1S/C12H18O4/c1-4-8-12(15-2,16-3)9-6-5-7-10(13)11(9)14/h5-7,13-14H,4,8H2,1-3H3. The lowest BCUT2D eigenvalue weighted by molar-refractivity contribution is -0.221. The molecule has 0 aromatic heterocycles. The van der Waals surface area contributed by atoms with Crippen LogP contribution in [0.15, 0.2) is 18.2 Å². The summed E-state index contributed by atoms with van der Waals surface area (Å²) in [7, 11) is 3.03. The Labute approximate surface area is 95.4 Å². The first-order valence-electron chi connectivity index (χ1n) is 5.23. The number of phenols is 2. The van der Waals surface area contributed by atoms with Crippen molar-refractivity contribution in [3.63, 3.8) is 0 Å². The monoisotopic (exact) mass is 226 g/mol. The summed E-state index contributed by atoms with van der Waals surface area (Å²) in [6, 6.07) is 4.74. The topological polar surface area (TPSA) is 58.9 Å². The van der Waals surface area contributed by atoms with Crippen molar-refractivity contribution in [2.24, 2.45) is 0 Å². The van der Waals surface area contributed by atoms with Crippen molar-refractivity contribution in [1.82, 2.24) is 0 Å². The van der Waals surface area contributed by atoms with Gasteiger partial charge in [-0.15, -0.1) is 0 Å². The zero-order chi connectivity index (χ0) is 12.2. The number of benzene rings is 1. The minimum Gasteiger partial charge on any atom is -0.504 e. The van der Waals surface area contributed by atoms with Gasteiger partial charge >= 0.3 is 0 Å². The molecule has 0 unspecified atom stereocenters. The summed E-state index contributed by atoms with van der Waals surface area (Å²) in [6.45, 7) is 1.99. The van der Waals surface area contributed by atoms with Gasteiger partial charge in [0.1, 0.15) is 0 Å². The van der Waals surface area contributed by atoms with E-state index >= 15 is 0 Å². The highest BCUT2D eigenvalue weighted by atomic mass is 16.7. The lowest BCUT2D eigenvalue weighted by atomic mass is 9.99. The lowest BCUT2D eigenvalue weighted by Crippen LogP contribution is -2.30. The molecule has 0 atom stereocenters. The first kappa shape index (κ1) is 12.8. The van der Waals surface area contributed by atoms with Crippen LogP contribution in [0.4, 0.5) is 0 Å². The molecule has 1 rings (SSSR count). The van der Waals surface area contributed by atoms with Crippen molar-refractivity contribution in [3.05, 3.63) is 23.8 Å². The van der Waals surface area contributed by atoms with Crippen molar-refractivity contribution in [2.45, 2.75) is 25.6 Å². The summed E-state index contributed by atoms with van der Waals surface area (Å²) in [6.07, 6.45) is 1.42. The molecule has 0 aliphatic carbocycles. The maximum Gasteiger partial charge on any atom is 0.197 e. The van der Waals surface area contributed by atoms with Crippen molar-refractivity contribution in [1.29, 1.82) is 0 Å². The third-order valence-electron chi connectivity index (χ3n) is 2.66. The van der Waals surface area contributed by atoms with Crippen LogP contribution in [0.25, 0.3) is 0 Å². The van der Waals surface area contributed by atoms with Gasteiger partial charge < -0.3 is 19.7 Å². The fourth-order valence-electron chi connectivity index (χ4n) is 1.81. The van der Waals surface area contributed by atoms with Gasteiger partial charge in [0.25, 0.3) is 0 Å². The highest BCUT2D eigenvalue weighted by Crippen LogP contribution is 2.40. The van der Waals surface area contributed by atoms with Crippen LogP contribution in [0.1, 0.15) is 25.3 Å². The van der Waals surface area contributed by atoms with Crippen molar-refractivity contribution < 1.29 is 19.7 Å². The van der Waals surface area contributed by atoms with Crippen LogP contribution in [0.2, 0.25) is 0 Å². The van der Waals surface area contributed by atoms with E-state index in [1.165, 1.54) is 20.3 Å². The highest BCUT2D eigenvalue weighted by molar-refractivity contribution is 5.46. The molecule has 0 spiro atoms. The minimum absolute atomic E-state index is 0.174. The predicted molar refractivity (Wildman–Crippen MR) is 60.4 cm³/mol. The predicted octanol–water partition coefficient (Wildman–Crippen LogP) is 2.34. The minimum atomic E-state index is -1.00. The molecule has 4 heteroatoms. The average molecular weight is 226 g/mol. The molecule has 0 amide bonds. The molecule has 16 heavy (non-hydrogen) atoms. The van der Waals surface area contributed by atoms with Gasteiger partial charge in [0.2, 0.25) is 0 Å². The van der Waals surface area contributed by atoms with Crippen LogP contribution >= 0.6 is 0 Å². The van der Waals surface area contributed by atoms with E-state index in [4.69, 9.17) is 9.47 Å². The first-order chi connectivity index (χ1) is 7.61. The van der Waals surface area contributed by atoms with Gasteiger partial charge in [-0.25, -0.2) is 0 Å². The molecule has 0 saturated carbocycles. The van der Waals surface area contributed by atoms with E-state index in [0.717, 1.165) is 6.42 Å². The molecule has 0 bridgehead atoms. The Balaban J connectivity index is 3.25. The van der Waals surface area contributed by atoms with E-state index in [9.17, 15) is 10.2 Å². The van der Waals surface area contributed by atoms with E-state index < -0.39 is 5.79 Å². The molecule has 1 aromatic rings. The Hall–Kier alpha value is -1.26. The summed E-state index contributed by atoms with van der Waals surface area (Å²) in [5.41, 5.74) is 0.444. The molecule has 2 N–H and O–H groups in total. The van der Waals surface area contributed by atoms with E-state index in [1.807, 2.05) is 6.92 Å². The van der Waals surface area contributed by atoms with E-state index in [1.54, 1.807) is 12.1 Å². The van der Waals surface area contributed by atoms with Gasteiger partial charge in [0.05, 0.1) is 5.56 Å².